The molecule has 1 N–H and O–H groups in total. The highest BCUT2D eigenvalue weighted by Gasteiger charge is 2.37. The first-order valence-electron chi connectivity index (χ1n) is 11.7. The molecule has 0 bridgehead atoms. The molecule has 0 spiro atoms. The first-order chi connectivity index (χ1) is 16.5. The Balaban J connectivity index is 1.45. The SMILES string of the molecule is CN(Cc1ccc(C(F)(F)F)cc1N1CCCC1)C1(C)CCN(C(=O)n2ccc(C(=O)O)n2)CC1. The number of halogens is 3. The number of anilines is 1. The molecule has 1 aromatic heterocycles. The van der Waals surface area contributed by atoms with Gasteiger partial charge in [0.2, 0.25) is 0 Å². The van der Waals surface area contributed by atoms with E-state index in [2.05, 4.69) is 16.9 Å². The highest BCUT2D eigenvalue weighted by molar-refractivity contribution is 5.86. The number of carbonyl (C=O) groups is 2. The van der Waals surface area contributed by atoms with Gasteiger partial charge in [-0.3, -0.25) is 4.90 Å². The van der Waals surface area contributed by atoms with Crippen molar-refractivity contribution in [2.75, 3.05) is 38.1 Å². The van der Waals surface area contributed by atoms with Gasteiger partial charge in [-0.05, 0) is 63.4 Å². The second-order valence-electron chi connectivity index (χ2n) is 9.61. The van der Waals surface area contributed by atoms with Gasteiger partial charge in [0.25, 0.3) is 0 Å². The van der Waals surface area contributed by atoms with E-state index in [1.165, 1.54) is 18.3 Å². The zero-order valence-corrected chi connectivity index (χ0v) is 19.9. The zero-order chi connectivity index (χ0) is 25.4. The molecule has 2 aliphatic rings. The zero-order valence-electron chi connectivity index (χ0n) is 19.9. The first-order valence-corrected chi connectivity index (χ1v) is 11.7. The van der Waals surface area contributed by atoms with E-state index >= 15 is 0 Å². The Kier molecular flexibility index (Phi) is 6.81. The quantitative estimate of drug-likeness (QED) is 0.674. The van der Waals surface area contributed by atoms with Crippen LogP contribution in [0.4, 0.5) is 23.7 Å². The van der Waals surface area contributed by atoms with Crippen molar-refractivity contribution in [3.05, 3.63) is 47.3 Å². The normalized spacial score (nSPS) is 18.3. The second-order valence-corrected chi connectivity index (χ2v) is 9.61. The molecule has 2 fully saturated rings. The van der Waals surface area contributed by atoms with Crippen LogP contribution >= 0.6 is 0 Å². The number of benzene rings is 1. The van der Waals surface area contributed by atoms with Gasteiger partial charge in [0.05, 0.1) is 5.56 Å². The van der Waals surface area contributed by atoms with Crippen molar-refractivity contribution in [2.24, 2.45) is 0 Å². The number of carbonyl (C=O) groups excluding carboxylic acids is 1. The van der Waals surface area contributed by atoms with Crippen LogP contribution in [-0.4, -0.2) is 75.5 Å². The molecular formula is C24H30F3N5O3. The van der Waals surface area contributed by atoms with Crippen molar-refractivity contribution >= 4 is 17.7 Å². The molecule has 0 radical (unpaired) electrons. The van der Waals surface area contributed by atoms with E-state index in [0.29, 0.717) is 38.2 Å². The Labute approximate surface area is 201 Å². The standard InChI is InChI=1S/C24H30F3N5O3/c1-23(8-13-31(14-9-23)22(35)32-12-7-19(28-32)21(33)34)29(2)16-17-5-6-18(24(25,26)27)15-20(17)30-10-3-4-11-30/h5-7,12,15H,3-4,8-11,13-14,16H2,1-2H3,(H,33,34). The maximum Gasteiger partial charge on any atom is 0.416 e. The van der Waals surface area contributed by atoms with Crippen LogP contribution in [0, 0.1) is 0 Å². The summed E-state index contributed by atoms with van der Waals surface area (Å²) in [7, 11) is 1.97. The first kappa shape index (κ1) is 25.0. The van der Waals surface area contributed by atoms with Crippen molar-refractivity contribution in [2.45, 2.75) is 50.9 Å². The molecule has 8 nitrogen and oxygen atoms in total. The van der Waals surface area contributed by atoms with Gasteiger partial charge in [0.15, 0.2) is 5.69 Å². The van der Waals surface area contributed by atoms with Crippen LogP contribution in [0.5, 0.6) is 0 Å². The molecular weight excluding hydrogens is 463 g/mol. The topological polar surface area (TPSA) is 81.9 Å². The molecule has 0 atom stereocenters. The minimum Gasteiger partial charge on any atom is -0.476 e. The van der Waals surface area contributed by atoms with Gasteiger partial charge in [-0.25, -0.2) is 9.59 Å². The smallest absolute Gasteiger partial charge is 0.416 e. The number of hydrogen-bond donors (Lipinski definition) is 1. The number of rotatable bonds is 5. The molecule has 1 aromatic carbocycles. The lowest BCUT2D eigenvalue weighted by Crippen LogP contribution is -2.53. The number of likely N-dealkylation sites (tertiary alicyclic amines) is 1. The third-order valence-electron chi connectivity index (χ3n) is 7.30. The van der Waals surface area contributed by atoms with Gasteiger partial charge < -0.3 is 14.9 Å². The molecule has 0 unspecified atom stereocenters. The molecule has 2 saturated heterocycles. The predicted molar refractivity (Wildman–Crippen MR) is 124 cm³/mol. The lowest BCUT2D eigenvalue weighted by molar-refractivity contribution is -0.137. The Morgan fingerprint density at radius 3 is 2.34 bits per heavy atom. The van der Waals surface area contributed by atoms with Crippen LogP contribution in [0.1, 0.15) is 54.2 Å². The lowest BCUT2D eigenvalue weighted by Gasteiger charge is -2.45. The van der Waals surface area contributed by atoms with Crippen molar-refractivity contribution < 1.29 is 27.9 Å². The summed E-state index contributed by atoms with van der Waals surface area (Å²) in [4.78, 5) is 29.6. The number of amides is 1. The maximum atomic E-state index is 13.4. The van der Waals surface area contributed by atoms with Crippen LogP contribution in [0.2, 0.25) is 0 Å². The summed E-state index contributed by atoms with van der Waals surface area (Å²) in [6.07, 6.45) is 0.235. The Morgan fingerprint density at radius 1 is 1.11 bits per heavy atom. The molecule has 2 aliphatic heterocycles. The van der Waals surface area contributed by atoms with E-state index in [1.54, 1.807) is 11.0 Å². The maximum absolute atomic E-state index is 13.4. The number of aromatic nitrogens is 2. The monoisotopic (exact) mass is 493 g/mol. The number of nitrogens with zero attached hydrogens (tertiary/aromatic N) is 5. The number of carboxylic acid groups (broad SMARTS) is 1. The van der Waals surface area contributed by atoms with Crippen molar-refractivity contribution in [3.8, 4) is 0 Å². The largest absolute Gasteiger partial charge is 0.476 e. The minimum atomic E-state index is -4.38. The van der Waals surface area contributed by atoms with E-state index in [9.17, 15) is 22.8 Å². The highest BCUT2D eigenvalue weighted by Crippen LogP contribution is 2.36. The van der Waals surface area contributed by atoms with Crippen LogP contribution in [0.15, 0.2) is 30.5 Å². The fraction of sp³-hybridized carbons (Fsp3) is 0.542. The van der Waals surface area contributed by atoms with Crippen molar-refractivity contribution in [1.29, 1.82) is 0 Å². The predicted octanol–water partition coefficient (Wildman–Crippen LogP) is 4.15. The number of hydrogen-bond acceptors (Lipinski definition) is 5. The summed E-state index contributed by atoms with van der Waals surface area (Å²) in [5, 5.41) is 12.8. The van der Waals surface area contributed by atoms with E-state index in [0.717, 1.165) is 42.2 Å². The van der Waals surface area contributed by atoms with E-state index in [1.807, 2.05) is 11.9 Å². The number of piperidine rings is 1. The van der Waals surface area contributed by atoms with E-state index in [4.69, 9.17) is 5.11 Å². The summed E-state index contributed by atoms with van der Waals surface area (Å²) in [6.45, 7) is 5.04. The van der Waals surface area contributed by atoms with Crippen LogP contribution in [0.3, 0.4) is 0 Å². The fourth-order valence-corrected chi connectivity index (χ4v) is 4.82. The Hall–Kier alpha value is -3.08. The summed E-state index contributed by atoms with van der Waals surface area (Å²) in [6, 6.07) is 4.92. The Bertz CT molecular complexity index is 1090. The molecule has 1 amide bonds. The van der Waals surface area contributed by atoms with E-state index in [-0.39, 0.29) is 17.3 Å². The molecule has 0 aliphatic carbocycles. The van der Waals surface area contributed by atoms with Crippen molar-refractivity contribution in [1.82, 2.24) is 19.6 Å². The lowest BCUT2D eigenvalue weighted by atomic mass is 9.87. The van der Waals surface area contributed by atoms with Crippen molar-refractivity contribution in [3.63, 3.8) is 0 Å². The van der Waals surface area contributed by atoms with Gasteiger partial charge in [0.1, 0.15) is 0 Å². The highest BCUT2D eigenvalue weighted by atomic mass is 19.4. The minimum absolute atomic E-state index is 0.190. The molecule has 3 heterocycles. The molecule has 4 rings (SSSR count). The molecule has 2 aromatic rings. The van der Waals surface area contributed by atoms with Crippen LogP contribution < -0.4 is 4.90 Å². The average molecular weight is 494 g/mol. The average Bonchev–Trinajstić information content (AvgIpc) is 3.51. The summed E-state index contributed by atoms with van der Waals surface area (Å²) >= 11 is 0. The van der Waals surface area contributed by atoms with Gasteiger partial charge in [-0.15, -0.1) is 0 Å². The summed E-state index contributed by atoms with van der Waals surface area (Å²) in [5.41, 5.74) is 0.435. The number of alkyl halides is 3. The molecule has 190 valence electrons. The van der Waals surface area contributed by atoms with Gasteiger partial charge in [0, 0.05) is 50.1 Å². The third kappa shape index (κ3) is 5.29. The van der Waals surface area contributed by atoms with Crippen LogP contribution in [0.25, 0.3) is 0 Å². The fourth-order valence-electron chi connectivity index (χ4n) is 4.82. The van der Waals surface area contributed by atoms with Gasteiger partial charge in [-0.1, -0.05) is 6.07 Å². The van der Waals surface area contributed by atoms with Crippen LogP contribution in [-0.2, 0) is 12.7 Å². The summed E-state index contributed by atoms with van der Waals surface area (Å²) < 4.78 is 41.2. The molecule has 11 heteroatoms. The number of aromatic carboxylic acids is 1. The number of carboxylic acids is 1. The van der Waals surface area contributed by atoms with Gasteiger partial charge >= 0.3 is 18.2 Å². The van der Waals surface area contributed by atoms with E-state index < -0.39 is 17.7 Å². The summed E-state index contributed by atoms with van der Waals surface area (Å²) in [5.74, 6) is -1.19. The molecule has 0 saturated carbocycles. The Morgan fingerprint density at radius 2 is 1.77 bits per heavy atom. The van der Waals surface area contributed by atoms with Gasteiger partial charge in [-0.2, -0.15) is 23.0 Å². The molecule has 35 heavy (non-hydrogen) atoms. The third-order valence-corrected chi connectivity index (χ3v) is 7.30. The second kappa shape index (κ2) is 9.52.